The molecular weight excluding hydrogens is 210 g/mol. The smallest absolute Gasteiger partial charge is 0.0604 e. The summed E-state index contributed by atoms with van der Waals surface area (Å²) in [4.78, 5) is 2.61. The zero-order chi connectivity index (χ0) is 12.6. The van der Waals surface area contributed by atoms with Gasteiger partial charge < -0.3 is 4.74 Å². The molecule has 2 atom stereocenters. The fourth-order valence-corrected chi connectivity index (χ4v) is 3.67. The predicted molar refractivity (Wildman–Crippen MR) is 72.2 cm³/mol. The van der Waals surface area contributed by atoms with Crippen LogP contribution in [0.1, 0.15) is 53.9 Å². The van der Waals surface area contributed by atoms with Crippen LogP contribution in [0.3, 0.4) is 0 Å². The number of nitrogens with zero attached hydrogens (tertiary/aromatic N) is 1. The molecule has 0 N–H and O–H groups in total. The number of hydrogen-bond donors (Lipinski definition) is 0. The Morgan fingerprint density at radius 1 is 1.18 bits per heavy atom. The molecule has 1 aliphatic carbocycles. The summed E-state index contributed by atoms with van der Waals surface area (Å²) in [7, 11) is 0. The minimum absolute atomic E-state index is 0.380. The van der Waals surface area contributed by atoms with E-state index >= 15 is 0 Å². The van der Waals surface area contributed by atoms with Gasteiger partial charge in [-0.05, 0) is 58.3 Å². The Morgan fingerprint density at radius 3 is 2.29 bits per heavy atom. The zero-order valence-electron chi connectivity index (χ0n) is 12.2. The van der Waals surface area contributed by atoms with Crippen LogP contribution in [0.2, 0.25) is 0 Å². The zero-order valence-corrected chi connectivity index (χ0v) is 12.2. The van der Waals surface area contributed by atoms with Crippen LogP contribution in [-0.4, -0.2) is 36.2 Å². The first-order chi connectivity index (χ1) is 7.92. The molecular formula is C15H29NO. The van der Waals surface area contributed by atoms with Gasteiger partial charge in [-0.2, -0.15) is 0 Å². The molecule has 1 saturated heterocycles. The van der Waals surface area contributed by atoms with Crippen molar-refractivity contribution in [3.63, 3.8) is 0 Å². The summed E-state index contributed by atoms with van der Waals surface area (Å²) in [5, 5.41) is 0. The molecule has 0 amide bonds. The van der Waals surface area contributed by atoms with Crippen LogP contribution in [-0.2, 0) is 4.74 Å². The minimum atomic E-state index is 0.380. The second kappa shape index (κ2) is 4.89. The van der Waals surface area contributed by atoms with Crippen molar-refractivity contribution in [1.29, 1.82) is 0 Å². The first kappa shape index (κ1) is 13.4. The van der Waals surface area contributed by atoms with Gasteiger partial charge in [0.15, 0.2) is 0 Å². The lowest BCUT2D eigenvalue weighted by Crippen LogP contribution is -2.61. The number of ether oxygens (including phenoxy) is 1. The molecule has 2 aliphatic rings. The SMILES string of the molecule is CC(C)O[C@@H]1CCC2(C[C@@H]1C)CN(C(C)C)C2. The van der Waals surface area contributed by atoms with Gasteiger partial charge in [-0.25, -0.2) is 0 Å². The summed E-state index contributed by atoms with van der Waals surface area (Å²) < 4.78 is 6.03. The van der Waals surface area contributed by atoms with Gasteiger partial charge in [0.05, 0.1) is 12.2 Å². The molecule has 1 aliphatic heterocycles. The normalized spacial score (nSPS) is 33.4. The summed E-state index contributed by atoms with van der Waals surface area (Å²) in [5.74, 6) is 0.737. The lowest BCUT2D eigenvalue weighted by atomic mass is 9.64. The topological polar surface area (TPSA) is 12.5 Å². The molecule has 2 rings (SSSR count). The Bertz CT molecular complexity index is 256. The van der Waals surface area contributed by atoms with Crippen LogP contribution < -0.4 is 0 Å². The highest BCUT2D eigenvalue weighted by Crippen LogP contribution is 2.47. The van der Waals surface area contributed by atoms with Crippen LogP contribution >= 0.6 is 0 Å². The standard InChI is InChI=1S/C15H29NO/c1-11(2)16-9-15(10-16)7-6-14(13(5)8-15)17-12(3)4/h11-14H,6-10H2,1-5H3/t13-,14+/m0/s1. The Labute approximate surface area is 107 Å². The molecule has 0 aromatic rings. The molecule has 1 spiro atoms. The van der Waals surface area contributed by atoms with Crippen LogP contribution in [0, 0.1) is 11.3 Å². The second-order valence-corrected chi connectivity index (χ2v) is 6.94. The summed E-state index contributed by atoms with van der Waals surface area (Å²) in [6, 6.07) is 0.723. The van der Waals surface area contributed by atoms with Gasteiger partial charge in [-0.3, -0.25) is 4.90 Å². The summed E-state index contributed by atoms with van der Waals surface area (Å²) in [5.41, 5.74) is 0.639. The van der Waals surface area contributed by atoms with Gasteiger partial charge >= 0.3 is 0 Å². The maximum Gasteiger partial charge on any atom is 0.0604 e. The van der Waals surface area contributed by atoms with E-state index in [-0.39, 0.29) is 0 Å². The average Bonchev–Trinajstić information content (AvgIpc) is 2.16. The quantitative estimate of drug-likeness (QED) is 0.749. The Balaban J connectivity index is 1.84. The summed E-state index contributed by atoms with van der Waals surface area (Å²) in [6.45, 7) is 14.0. The van der Waals surface area contributed by atoms with E-state index in [1.807, 2.05) is 0 Å². The fraction of sp³-hybridized carbons (Fsp3) is 1.00. The molecule has 2 heteroatoms. The van der Waals surface area contributed by atoms with Gasteiger partial charge in [0, 0.05) is 19.1 Å². The lowest BCUT2D eigenvalue weighted by Gasteiger charge is -2.56. The van der Waals surface area contributed by atoms with Crippen LogP contribution in [0.15, 0.2) is 0 Å². The number of hydrogen-bond acceptors (Lipinski definition) is 2. The minimum Gasteiger partial charge on any atom is -0.375 e. The molecule has 0 aromatic heterocycles. The van der Waals surface area contributed by atoms with E-state index in [1.165, 1.54) is 32.4 Å². The van der Waals surface area contributed by atoms with Gasteiger partial charge in [-0.15, -0.1) is 0 Å². The number of likely N-dealkylation sites (tertiary alicyclic amines) is 1. The van der Waals surface area contributed by atoms with E-state index in [2.05, 4.69) is 39.5 Å². The van der Waals surface area contributed by atoms with Crippen LogP contribution in [0.5, 0.6) is 0 Å². The molecule has 1 heterocycles. The van der Waals surface area contributed by atoms with Crippen molar-refractivity contribution in [2.45, 2.75) is 72.1 Å². The molecule has 0 radical (unpaired) electrons. The van der Waals surface area contributed by atoms with Crippen LogP contribution in [0.4, 0.5) is 0 Å². The third-order valence-electron chi connectivity index (χ3n) is 4.60. The van der Waals surface area contributed by atoms with Gasteiger partial charge in [-0.1, -0.05) is 6.92 Å². The van der Waals surface area contributed by atoms with Crippen molar-refractivity contribution < 1.29 is 4.74 Å². The third kappa shape index (κ3) is 2.85. The van der Waals surface area contributed by atoms with Crippen molar-refractivity contribution >= 4 is 0 Å². The van der Waals surface area contributed by atoms with Crippen molar-refractivity contribution in [1.82, 2.24) is 4.90 Å². The van der Waals surface area contributed by atoms with Crippen molar-refractivity contribution in [3.8, 4) is 0 Å². The molecule has 2 fully saturated rings. The van der Waals surface area contributed by atoms with Crippen molar-refractivity contribution in [2.75, 3.05) is 13.1 Å². The molecule has 0 bridgehead atoms. The van der Waals surface area contributed by atoms with Crippen molar-refractivity contribution in [3.05, 3.63) is 0 Å². The van der Waals surface area contributed by atoms with E-state index in [9.17, 15) is 0 Å². The van der Waals surface area contributed by atoms with Crippen LogP contribution in [0.25, 0.3) is 0 Å². The van der Waals surface area contributed by atoms with E-state index in [4.69, 9.17) is 4.74 Å². The predicted octanol–water partition coefficient (Wildman–Crippen LogP) is 3.31. The van der Waals surface area contributed by atoms with Crippen molar-refractivity contribution in [2.24, 2.45) is 11.3 Å². The monoisotopic (exact) mass is 239 g/mol. The van der Waals surface area contributed by atoms with Gasteiger partial charge in [0.25, 0.3) is 0 Å². The Hall–Kier alpha value is -0.0800. The highest BCUT2D eigenvalue weighted by atomic mass is 16.5. The largest absolute Gasteiger partial charge is 0.375 e. The molecule has 0 unspecified atom stereocenters. The Kier molecular flexibility index (Phi) is 3.84. The first-order valence-electron chi connectivity index (χ1n) is 7.31. The van der Waals surface area contributed by atoms with E-state index in [0.717, 1.165) is 12.0 Å². The van der Waals surface area contributed by atoms with E-state index in [0.29, 0.717) is 17.6 Å². The molecule has 1 saturated carbocycles. The fourth-order valence-electron chi connectivity index (χ4n) is 3.67. The molecule has 17 heavy (non-hydrogen) atoms. The molecule has 100 valence electrons. The maximum absolute atomic E-state index is 6.03. The highest BCUT2D eigenvalue weighted by Gasteiger charge is 2.48. The molecule has 0 aromatic carbocycles. The highest BCUT2D eigenvalue weighted by molar-refractivity contribution is 5.00. The first-order valence-corrected chi connectivity index (χ1v) is 7.31. The average molecular weight is 239 g/mol. The maximum atomic E-state index is 6.03. The third-order valence-corrected chi connectivity index (χ3v) is 4.60. The van der Waals surface area contributed by atoms with Gasteiger partial charge in [0.2, 0.25) is 0 Å². The summed E-state index contributed by atoms with van der Waals surface area (Å²) >= 11 is 0. The van der Waals surface area contributed by atoms with Gasteiger partial charge in [0.1, 0.15) is 0 Å². The lowest BCUT2D eigenvalue weighted by molar-refractivity contribution is -0.116. The van der Waals surface area contributed by atoms with E-state index < -0.39 is 0 Å². The summed E-state index contributed by atoms with van der Waals surface area (Å²) in [6.07, 6.45) is 4.90. The Morgan fingerprint density at radius 2 is 1.82 bits per heavy atom. The van der Waals surface area contributed by atoms with E-state index in [1.54, 1.807) is 0 Å². The second-order valence-electron chi connectivity index (χ2n) is 6.94. The number of rotatable bonds is 3. The molecule has 2 nitrogen and oxygen atoms in total.